The molecule has 7 heteroatoms. The maximum Gasteiger partial charge on any atom is 0.287 e. The number of furan rings is 1. The lowest BCUT2D eigenvalue weighted by atomic mass is 9.94. The Hall–Kier alpha value is -0.520. The summed E-state index contributed by atoms with van der Waals surface area (Å²) in [5.74, 6) is -0.782. The molecule has 0 fully saturated rings. The van der Waals surface area contributed by atoms with E-state index >= 15 is 0 Å². The van der Waals surface area contributed by atoms with E-state index in [1.165, 1.54) is 12.1 Å². The molecule has 0 saturated heterocycles. The molecule has 100 valence electrons. The van der Waals surface area contributed by atoms with Crippen molar-refractivity contribution in [3.05, 3.63) is 23.1 Å². The van der Waals surface area contributed by atoms with Gasteiger partial charge in [0.1, 0.15) is 4.29 Å². The molecule has 0 aliphatic heterocycles. The van der Waals surface area contributed by atoms with Gasteiger partial charge in [0.2, 0.25) is 0 Å². The van der Waals surface area contributed by atoms with Gasteiger partial charge in [0.15, 0.2) is 16.8 Å². The minimum atomic E-state index is -1.06. The molecule has 0 aromatic carbocycles. The molecule has 2 atom stereocenters. The number of hydrogen-bond acceptors (Lipinski definition) is 3. The first-order chi connectivity index (χ1) is 8.30. The third-order valence-electron chi connectivity index (χ3n) is 2.64. The molecule has 1 N–H and O–H groups in total. The fraction of sp³-hybridized carbons (Fsp3) is 0.455. The highest BCUT2D eigenvalue weighted by Crippen LogP contribution is 2.21. The van der Waals surface area contributed by atoms with Crippen LogP contribution in [0.2, 0.25) is 5.22 Å². The van der Waals surface area contributed by atoms with Crippen LogP contribution < -0.4 is 5.32 Å². The Balaban J connectivity index is 2.86. The van der Waals surface area contributed by atoms with Crippen molar-refractivity contribution in [3.8, 4) is 0 Å². The highest BCUT2D eigenvalue weighted by molar-refractivity contribution is 9.10. The average molecular weight is 357 g/mol. The van der Waals surface area contributed by atoms with Crippen molar-refractivity contribution in [2.45, 2.75) is 30.1 Å². The molecule has 0 saturated carbocycles. The molecule has 4 nitrogen and oxygen atoms in total. The molecule has 1 amide bonds. The maximum absolute atomic E-state index is 11.9. The van der Waals surface area contributed by atoms with E-state index in [1.807, 2.05) is 0 Å². The van der Waals surface area contributed by atoms with Crippen LogP contribution in [-0.4, -0.2) is 21.5 Å². The third-order valence-corrected chi connectivity index (χ3v) is 3.45. The number of carbonyl (C=O) groups excluding carboxylic acids is 2. The van der Waals surface area contributed by atoms with Crippen LogP contribution in [0.5, 0.6) is 0 Å². The highest BCUT2D eigenvalue weighted by atomic mass is 79.9. The summed E-state index contributed by atoms with van der Waals surface area (Å²) in [4.78, 5) is 23.8. The van der Waals surface area contributed by atoms with E-state index in [0.29, 0.717) is 6.42 Å². The zero-order valence-corrected chi connectivity index (χ0v) is 12.9. The lowest BCUT2D eigenvalue weighted by Crippen LogP contribution is -2.53. The van der Waals surface area contributed by atoms with E-state index in [-0.39, 0.29) is 16.8 Å². The highest BCUT2D eigenvalue weighted by Gasteiger charge is 2.36. The van der Waals surface area contributed by atoms with Crippen molar-refractivity contribution >= 4 is 50.8 Å². The molecular weight excluding hydrogens is 345 g/mol. The van der Waals surface area contributed by atoms with Gasteiger partial charge in [0.25, 0.3) is 5.91 Å². The first-order valence-electron chi connectivity index (χ1n) is 5.20. The Kier molecular flexibility index (Phi) is 5.25. The standard InChI is InChI=1S/C11H12BrCl2NO3/c1-3-11(2,8(16)9(12)14)15-10(17)6-4-5-7(13)18-6/h4-5,9H,3H2,1-2H3,(H,15,17). The minimum absolute atomic E-state index is 0.0492. The normalized spacial score (nSPS) is 15.8. The van der Waals surface area contributed by atoms with Crippen molar-refractivity contribution in [1.82, 2.24) is 5.32 Å². The third kappa shape index (κ3) is 3.49. The van der Waals surface area contributed by atoms with Crippen LogP contribution in [0.4, 0.5) is 0 Å². The molecule has 0 aliphatic rings. The summed E-state index contributed by atoms with van der Waals surface area (Å²) in [6.45, 7) is 3.38. The molecule has 0 bridgehead atoms. The maximum atomic E-state index is 11.9. The summed E-state index contributed by atoms with van der Waals surface area (Å²) in [5, 5.41) is 2.71. The Morgan fingerprint density at radius 3 is 2.56 bits per heavy atom. The summed E-state index contributed by atoms with van der Waals surface area (Å²) in [6.07, 6.45) is 0.404. The molecular formula is C11H12BrCl2NO3. The lowest BCUT2D eigenvalue weighted by molar-refractivity contribution is -0.122. The van der Waals surface area contributed by atoms with Gasteiger partial charge in [-0.2, -0.15) is 0 Å². The van der Waals surface area contributed by atoms with Gasteiger partial charge in [-0.15, -0.1) is 11.6 Å². The summed E-state index contributed by atoms with van der Waals surface area (Å²) in [7, 11) is 0. The van der Waals surface area contributed by atoms with Crippen LogP contribution in [0.1, 0.15) is 30.8 Å². The van der Waals surface area contributed by atoms with E-state index in [9.17, 15) is 9.59 Å². The van der Waals surface area contributed by atoms with E-state index in [0.717, 1.165) is 0 Å². The van der Waals surface area contributed by atoms with Crippen molar-refractivity contribution in [2.24, 2.45) is 0 Å². The number of amides is 1. The number of hydrogen-bond donors (Lipinski definition) is 1. The lowest BCUT2D eigenvalue weighted by Gasteiger charge is -2.28. The minimum Gasteiger partial charge on any atom is -0.440 e. The van der Waals surface area contributed by atoms with Gasteiger partial charge in [-0.05, 0) is 37.1 Å². The number of ketones is 1. The summed E-state index contributed by atoms with van der Waals surface area (Å²) < 4.78 is 4.11. The van der Waals surface area contributed by atoms with Gasteiger partial charge in [-0.3, -0.25) is 9.59 Å². The average Bonchev–Trinajstić information content (AvgIpc) is 2.74. The van der Waals surface area contributed by atoms with Gasteiger partial charge < -0.3 is 9.73 Å². The second-order valence-corrected chi connectivity index (χ2v) is 6.16. The van der Waals surface area contributed by atoms with Gasteiger partial charge in [-0.25, -0.2) is 0 Å². The van der Waals surface area contributed by atoms with Crippen LogP contribution >= 0.6 is 39.1 Å². The van der Waals surface area contributed by atoms with Crippen LogP contribution in [0.15, 0.2) is 16.5 Å². The second kappa shape index (κ2) is 6.08. The zero-order valence-electron chi connectivity index (χ0n) is 9.80. The number of halogens is 3. The molecule has 0 radical (unpaired) electrons. The topological polar surface area (TPSA) is 59.3 Å². The number of nitrogens with one attached hydrogen (secondary N) is 1. The van der Waals surface area contributed by atoms with Crippen molar-refractivity contribution in [3.63, 3.8) is 0 Å². The molecule has 18 heavy (non-hydrogen) atoms. The first-order valence-corrected chi connectivity index (χ1v) is 6.93. The fourth-order valence-corrected chi connectivity index (χ4v) is 2.21. The van der Waals surface area contributed by atoms with E-state index < -0.39 is 15.7 Å². The van der Waals surface area contributed by atoms with Crippen LogP contribution in [0, 0.1) is 0 Å². The van der Waals surface area contributed by atoms with Crippen molar-refractivity contribution < 1.29 is 14.0 Å². The van der Waals surface area contributed by atoms with E-state index in [1.54, 1.807) is 13.8 Å². The quantitative estimate of drug-likeness (QED) is 0.823. The monoisotopic (exact) mass is 355 g/mol. The Bertz CT molecular complexity index is 461. The first kappa shape index (κ1) is 15.5. The smallest absolute Gasteiger partial charge is 0.287 e. The number of alkyl halides is 2. The van der Waals surface area contributed by atoms with E-state index in [4.69, 9.17) is 27.6 Å². The predicted molar refractivity (Wildman–Crippen MR) is 73.5 cm³/mol. The molecule has 0 spiro atoms. The fourth-order valence-electron chi connectivity index (χ4n) is 1.31. The summed E-state index contributed by atoms with van der Waals surface area (Å²) in [5.41, 5.74) is -1.06. The van der Waals surface area contributed by atoms with Gasteiger partial charge >= 0.3 is 0 Å². The van der Waals surface area contributed by atoms with Crippen LogP contribution in [0.3, 0.4) is 0 Å². The number of rotatable bonds is 5. The van der Waals surface area contributed by atoms with Crippen molar-refractivity contribution in [1.29, 1.82) is 0 Å². The molecule has 1 aromatic rings. The number of Topliss-reactive ketones (excluding diaryl/α,β-unsaturated/α-hetero) is 1. The molecule has 2 unspecified atom stereocenters. The van der Waals surface area contributed by atoms with E-state index in [2.05, 4.69) is 21.2 Å². The van der Waals surface area contributed by atoms with Crippen LogP contribution in [-0.2, 0) is 4.79 Å². The Labute approximate surface area is 123 Å². The second-order valence-electron chi connectivity index (χ2n) is 3.91. The predicted octanol–water partition coefficient (Wildman–Crippen LogP) is 3.36. The summed E-state index contributed by atoms with van der Waals surface area (Å²) in [6, 6.07) is 2.89. The molecule has 1 heterocycles. The molecule has 0 aliphatic carbocycles. The largest absolute Gasteiger partial charge is 0.440 e. The van der Waals surface area contributed by atoms with Gasteiger partial charge in [-0.1, -0.05) is 22.9 Å². The Morgan fingerprint density at radius 1 is 1.56 bits per heavy atom. The zero-order chi connectivity index (χ0) is 13.9. The summed E-state index contributed by atoms with van der Waals surface area (Å²) >= 11 is 14.3. The Morgan fingerprint density at radius 2 is 2.17 bits per heavy atom. The molecule has 1 aromatic heterocycles. The number of carbonyl (C=O) groups is 2. The van der Waals surface area contributed by atoms with Crippen LogP contribution in [0.25, 0.3) is 0 Å². The van der Waals surface area contributed by atoms with Crippen molar-refractivity contribution in [2.75, 3.05) is 0 Å². The molecule has 1 rings (SSSR count). The SMILES string of the molecule is CCC(C)(NC(=O)c1ccc(Cl)o1)C(=O)C(Cl)Br. The van der Waals surface area contributed by atoms with Gasteiger partial charge in [0.05, 0.1) is 5.54 Å². The van der Waals surface area contributed by atoms with Gasteiger partial charge in [0, 0.05) is 0 Å².